The minimum Gasteiger partial charge on any atom is -0.493 e. The second-order valence-corrected chi connectivity index (χ2v) is 9.43. The Kier molecular flexibility index (Phi) is 6.20. The molecule has 0 N–H and O–H groups in total. The van der Waals surface area contributed by atoms with E-state index in [0.717, 1.165) is 17.0 Å². The van der Waals surface area contributed by atoms with E-state index in [1.165, 1.54) is 25.9 Å². The lowest BCUT2D eigenvalue weighted by Gasteiger charge is -2.25. The van der Waals surface area contributed by atoms with Gasteiger partial charge < -0.3 is 19.1 Å². The van der Waals surface area contributed by atoms with E-state index in [2.05, 4.69) is 4.99 Å². The number of aromatic nitrogens is 1. The van der Waals surface area contributed by atoms with Crippen LogP contribution < -0.4 is 29.3 Å². The van der Waals surface area contributed by atoms with Gasteiger partial charge in [-0.15, -0.1) is 0 Å². The molecule has 37 heavy (non-hydrogen) atoms. The van der Waals surface area contributed by atoms with Gasteiger partial charge in [0.1, 0.15) is 4.53 Å². The van der Waals surface area contributed by atoms with Crippen molar-refractivity contribution in [2.24, 2.45) is 4.99 Å². The summed E-state index contributed by atoms with van der Waals surface area (Å²) < 4.78 is 17.7. The number of hydrogen-bond donors (Lipinski definition) is 0. The Morgan fingerprint density at radius 3 is 2.46 bits per heavy atom. The Labute approximate surface area is 216 Å². The molecule has 190 valence electrons. The topological polar surface area (TPSA) is 99.4 Å². The summed E-state index contributed by atoms with van der Waals surface area (Å²) in [5.74, 6) is 0.121. The first-order valence-corrected chi connectivity index (χ1v) is 12.4. The molecular formula is C27H25N3O6S. The van der Waals surface area contributed by atoms with E-state index in [4.69, 9.17) is 14.2 Å². The highest BCUT2D eigenvalue weighted by Crippen LogP contribution is 2.37. The van der Waals surface area contributed by atoms with E-state index in [1.807, 2.05) is 31.2 Å². The van der Waals surface area contributed by atoms with Gasteiger partial charge in [-0.1, -0.05) is 35.6 Å². The Bertz CT molecular complexity index is 1670. The third kappa shape index (κ3) is 3.67. The number of anilines is 1. The zero-order chi connectivity index (χ0) is 26.4. The van der Waals surface area contributed by atoms with Gasteiger partial charge in [0.25, 0.3) is 11.5 Å². The lowest BCUT2D eigenvalue weighted by molar-refractivity contribution is -0.136. The summed E-state index contributed by atoms with van der Waals surface area (Å²) >= 11 is 1.14. The number of thiazole rings is 1. The molecule has 0 saturated carbocycles. The van der Waals surface area contributed by atoms with Crippen molar-refractivity contribution in [3.05, 3.63) is 84.5 Å². The molecule has 2 aliphatic heterocycles. The largest absolute Gasteiger partial charge is 0.493 e. The fraction of sp³-hybridized carbons (Fsp3) is 0.259. The predicted octanol–water partition coefficient (Wildman–Crippen LogP) is 2.16. The quantitative estimate of drug-likeness (QED) is 0.479. The Morgan fingerprint density at radius 1 is 1.05 bits per heavy atom. The number of allylic oxidation sites excluding steroid dienone is 1. The number of carbonyl (C=O) groups is 2. The second kappa shape index (κ2) is 9.36. The van der Waals surface area contributed by atoms with Gasteiger partial charge in [-0.3, -0.25) is 14.2 Å². The molecule has 0 saturated heterocycles. The van der Waals surface area contributed by atoms with Crippen LogP contribution in [0.15, 0.2) is 63.5 Å². The zero-order valence-electron chi connectivity index (χ0n) is 21.0. The molecule has 0 bridgehead atoms. The smallest absolute Gasteiger partial charge is 0.338 e. The third-order valence-corrected chi connectivity index (χ3v) is 7.65. The molecule has 0 radical (unpaired) electrons. The third-order valence-electron chi connectivity index (χ3n) is 6.59. The number of rotatable bonds is 5. The normalized spacial score (nSPS) is 17.8. The number of methoxy groups -OCH3 is 3. The lowest BCUT2D eigenvalue weighted by atomic mass is 9.95. The molecule has 2 aromatic carbocycles. The molecule has 3 heterocycles. The van der Waals surface area contributed by atoms with Crippen LogP contribution in [0.2, 0.25) is 0 Å². The van der Waals surface area contributed by atoms with Gasteiger partial charge in [0, 0.05) is 12.1 Å². The van der Waals surface area contributed by atoms with Crippen molar-refractivity contribution in [2.75, 3.05) is 32.8 Å². The summed E-state index contributed by atoms with van der Waals surface area (Å²) in [6.07, 6.45) is 0. The van der Waals surface area contributed by atoms with Crippen LogP contribution >= 0.6 is 11.3 Å². The molecule has 0 unspecified atom stereocenters. The van der Waals surface area contributed by atoms with E-state index in [0.29, 0.717) is 45.2 Å². The average Bonchev–Trinajstić information content (AvgIpc) is 3.38. The molecule has 5 rings (SSSR count). The van der Waals surface area contributed by atoms with Crippen molar-refractivity contribution < 1.29 is 23.8 Å². The molecule has 1 amide bonds. The average molecular weight is 520 g/mol. The maximum atomic E-state index is 14.1. The highest BCUT2D eigenvalue weighted by atomic mass is 32.1. The van der Waals surface area contributed by atoms with Crippen molar-refractivity contribution in [1.29, 1.82) is 0 Å². The van der Waals surface area contributed by atoms with Crippen LogP contribution in [0.25, 0.3) is 5.57 Å². The minimum atomic E-state index is -0.841. The first kappa shape index (κ1) is 24.5. The first-order valence-electron chi connectivity index (χ1n) is 11.6. The van der Waals surface area contributed by atoms with Crippen LogP contribution in [-0.2, 0) is 14.3 Å². The van der Waals surface area contributed by atoms with Crippen LogP contribution in [0.1, 0.15) is 31.0 Å². The number of nitrogens with zero attached hydrogens (tertiary/aromatic N) is 3. The second-order valence-electron chi connectivity index (χ2n) is 8.45. The van der Waals surface area contributed by atoms with Crippen LogP contribution in [0.5, 0.6) is 11.5 Å². The van der Waals surface area contributed by atoms with E-state index in [-0.39, 0.29) is 16.0 Å². The summed E-state index contributed by atoms with van der Waals surface area (Å²) in [5.41, 5.74) is 2.66. The number of hydrogen-bond acceptors (Lipinski definition) is 8. The van der Waals surface area contributed by atoms with Crippen molar-refractivity contribution in [3.63, 3.8) is 0 Å². The maximum absolute atomic E-state index is 14.1. The van der Waals surface area contributed by atoms with Crippen molar-refractivity contribution in [2.45, 2.75) is 19.9 Å². The predicted molar refractivity (Wildman–Crippen MR) is 139 cm³/mol. The highest BCUT2D eigenvalue weighted by molar-refractivity contribution is 7.07. The van der Waals surface area contributed by atoms with Gasteiger partial charge in [0.05, 0.1) is 49.9 Å². The van der Waals surface area contributed by atoms with E-state index >= 15 is 0 Å². The molecular weight excluding hydrogens is 494 g/mol. The van der Waals surface area contributed by atoms with Crippen molar-refractivity contribution in [3.8, 4) is 11.5 Å². The summed E-state index contributed by atoms with van der Waals surface area (Å²) in [6.45, 7) is 4.06. The molecule has 1 aromatic heterocycles. The first-order chi connectivity index (χ1) is 17.9. The lowest BCUT2D eigenvalue weighted by Crippen LogP contribution is -2.40. The Morgan fingerprint density at radius 2 is 1.78 bits per heavy atom. The SMILES string of the molecule is CCN1C(=O)/C(=c2\sc3n(c2=O)[C@@H](c2ccc(OC)c(OC)c2)C(C(=O)OC)=C(C)N=3)c2ccccc21. The summed E-state index contributed by atoms with van der Waals surface area (Å²) in [7, 11) is 4.33. The summed E-state index contributed by atoms with van der Waals surface area (Å²) in [5, 5.41) is 0. The number of likely N-dealkylation sites (N-methyl/N-ethyl adjacent to an activating group) is 1. The molecule has 0 fully saturated rings. The monoisotopic (exact) mass is 519 g/mol. The van der Waals surface area contributed by atoms with Gasteiger partial charge in [0.2, 0.25) is 0 Å². The number of para-hydroxylation sites is 1. The van der Waals surface area contributed by atoms with Crippen LogP contribution in [0.3, 0.4) is 0 Å². The molecule has 3 aromatic rings. The molecule has 0 aliphatic carbocycles. The number of esters is 1. The van der Waals surface area contributed by atoms with Gasteiger partial charge in [0.15, 0.2) is 16.3 Å². The van der Waals surface area contributed by atoms with E-state index in [9.17, 15) is 14.4 Å². The van der Waals surface area contributed by atoms with Crippen LogP contribution in [-0.4, -0.2) is 44.3 Å². The standard InChI is InChI=1S/C27H25N3O6S/c1-6-29-17-10-8-7-9-16(17)21(24(29)31)23-25(32)30-22(15-11-12-18(34-3)19(13-15)35-4)20(26(33)36-5)14(2)28-27(30)37-23/h7-13,22H,6H2,1-5H3/b23-21-/t22-/m0/s1. The van der Waals surface area contributed by atoms with Crippen LogP contribution in [0, 0.1) is 0 Å². The Balaban J connectivity index is 1.84. The van der Waals surface area contributed by atoms with E-state index in [1.54, 1.807) is 30.0 Å². The van der Waals surface area contributed by atoms with Gasteiger partial charge >= 0.3 is 5.97 Å². The van der Waals surface area contributed by atoms with Crippen molar-refractivity contribution >= 4 is 34.5 Å². The fourth-order valence-electron chi connectivity index (χ4n) is 4.89. The molecule has 1 atom stereocenters. The highest BCUT2D eigenvalue weighted by Gasteiger charge is 2.37. The fourth-order valence-corrected chi connectivity index (χ4v) is 6.03. The zero-order valence-corrected chi connectivity index (χ0v) is 21.8. The maximum Gasteiger partial charge on any atom is 0.338 e. The number of amides is 1. The van der Waals surface area contributed by atoms with Gasteiger partial charge in [-0.2, -0.15) is 0 Å². The molecule has 2 aliphatic rings. The number of carbonyl (C=O) groups excluding carboxylic acids is 2. The number of fused-ring (bicyclic) bond motifs is 2. The Hall–Kier alpha value is -4.18. The minimum absolute atomic E-state index is 0.229. The van der Waals surface area contributed by atoms with Crippen LogP contribution in [0.4, 0.5) is 5.69 Å². The van der Waals surface area contributed by atoms with Gasteiger partial charge in [-0.25, -0.2) is 9.79 Å². The van der Waals surface area contributed by atoms with Crippen molar-refractivity contribution in [1.82, 2.24) is 4.57 Å². The molecule has 9 nitrogen and oxygen atoms in total. The molecule has 10 heteroatoms. The van der Waals surface area contributed by atoms with E-state index < -0.39 is 17.6 Å². The number of benzene rings is 2. The van der Waals surface area contributed by atoms with Gasteiger partial charge in [-0.05, 0) is 37.6 Å². The summed E-state index contributed by atoms with van der Waals surface area (Å²) in [6, 6.07) is 11.8. The number of ether oxygens (including phenoxy) is 3. The summed E-state index contributed by atoms with van der Waals surface area (Å²) in [4.78, 5) is 47.1. The molecule has 0 spiro atoms.